The van der Waals surface area contributed by atoms with Crippen molar-refractivity contribution in [1.29, 1.82) is 0 Å². The van der Waals surface area contributed by atoms with Gasteiger partial charge in [-0.3, -0.25) is 14.5 Å². The number of carbonyl (C=O) groups excluding carboxylic acids is 2. The summed E-state index contributed by atoms with van der Waals surface area (Å²) in [7, 11) is 0. The number of carbonyl (C=O) groups is 2. The summed E-state index contributed by atoms with van der Waals surface area (Å²) in [4.78, 5) is 28.4. The zero-order chi connectivity index (χ0) is 19.5. The molecule has 4 rings (SSSR count). The van der Waals surface area contributed by atoms with E-state index in [9.17, 15) is 9.59 Å². The largest absolute Gasteiger partial charge is 0.350 e. The minimum absolute atomic E-state index is 0.0746. The van der Waals surface area contributed by atoms with Crippen LogP contribution in [-0.2, 0) is 4.79 Å². The molecule has 0 spiro atoms. The van der Waals surface area contributed by atoms with E-state index in [2.05, 4.69) is 40.0 Å². The summed E-state index contributed by atoms with van der Waals surface area (Å²) in [6, 6.07) is 11.6. The first kappa shape index (κ1) is 19.2. The van der Waals surface area contributed by atoms with Gasteiger partial charge in [-0.1, -0.05) is 13.0 Å². The van der Waals surface area contributed by atoms with Crippen LogP contribution < -0.4 is 10.6 Å². The molecule has 5 nitrogen and oxygen atoms in total. The number of rotatable bonds is 7. The Labute approximate surface area is 170 Å². The third-order valence-electron chi connectivity index (χ3n) is 5.77. The molecule has 3 atom stereocenters. The Hall–Kier alpha value is -2.18. The number of benzene rings is 1. The van der Waals surface area contributed by atoms with Crippen molar-refractivity contribution in [3.63, 3.8) is 0 Å². The SMILES string of the molecule is CC1CC1C(=O)Nc1ccc(C(=O)NCC(c2cccs2)N2CCCC2)cc1. The van der Waals surface area contributed by atoms with Gasteiger partial charge >= 0.3 is 0 Å². The number of nitrogens with zero attached hydrogens (tertiary/aromatic N) is 1. The summed E-state index contributed by atoms with van der Waals surface area (Å²) in [5, 5.41) is 8.12. The number of amides is 2. The molecule has 2 aromatic rings. The molecule has 2 aliphatic rings. The normalized spacial score (nSPS) is 22.6. The molecule has 2 heterocycles. The molecule has 3 unspecified atom stereocenters. The first-order valence-electron chi connectivity index (χ1n) is 10.1. The first-order chi connectivity index (χ1) is 13.6. The fourth-order valence-corrected chi connectivity index (χ4v) is 4.72. The molecule has 2 N–H and O–H groups in total. The van der Waals surface area contributed by atoms with E-state index in [0.29, 0.717) is 18.0 Å². The maximum absolute atomic E-state index is 12.6. The zero-order valence-electron chi connectivity index (χ0n) is 16.2. The Balaban J connectivity index is 1.34. The summed E-state index contributed by atoms with van der Waals surface area (Å²) >= 11 is 1.75. The van der Waals surface area contributed by atoms with Gasteiger partial charge in [0.2, 0.25) is 5.91 Å². The highest BCUT2D eigenvalue weighted by molar-refractivity contribution is 7.10. The topological polar surface area (TPSA) is 61.4 Å². The number of thiophene rings is 1. The zero-order valence-corrected chi connectivity index (χ0v) is 17.0. The van der Waals surface area contributed by atoms with E-state index in [1.54, 1.807) is 35.6 Å². The molecule has 1 aromatic heterocycles. The highest BCUT2D eigenvalue weighted by atomic mass is 32.1. The van der Waals surface area contributed by atoms with E-state index >= 15 is 0 Å². The fourth-order valence-electron chi connectivity index (χ4n) is 3.86. The summed E-state index contributed by atoms with van der Waals surface area (Å²) < 4.78 is 0. The molecular formula is C22H27N3O2S. The Morgan fingerprint density at radius 1 is 1.18 bits per heavy atom. The van der Waals surface area contributed by atoms with Crippen LogP contribution in [0, 0.1) is 11.8 Å². The second kappa shape index (κ2) is 8.45. The minimum Gasteiger partial charge on any atom is -0.350 e. The molecule has 148 valence electrons. The van der Waals surface area contributed by atoms with Crippen LogP contribution in [0.4, 0.5) is 5.69 Å². The summed E-state index contributed by atoms with van der Waals surface area (Å²) in [5.41, 5.74) is 1.36. The van der Waals surface area contributed by atoms with Crippen LogP contribution in [0.5, 0.6) is 0 Å². The second-order valence-corrected chi connectivity index (χ2v) is 8.85. The van der Waals surface area contributed by atoms with Gasteiger partial charge in [0, 0.05) is 28.6 Å². The van der Waals surface area contributed by atoms with Gasteiger partial charge in [-0.15, -0.1) is 11.3 Å². The Morgan fingerprint density at radius 3 is 2.50 bits per heavy atom. The molecule has 28 heavy (non-hydrogen) atoms. The number of likely N-dealkylation sites (tertiary alicyclic amines) is 1. The number of hydrogen-bond acceptors (Lipinski definition) is 4. The van der Waals surface area contributed by atoms with Crippen LogP contribution in [-0.4, -0.2) is 36.3 Å². The van der Waals surface area contributed by atoms with Crippen molar-refractivity contribution in [3.05, 3.63) is 52.2 Å². The van der Waals surface area contributed by atoms with Crippen molar-refractivity contribution < 1.29 is 9.59 Å². The summed E-state index contributed by atoms with van der Waals surface area (Å²) in [6.45, 7) is 4.87. The van der Waals surface area contributed by atoms with Gasteiger partial charge in [0.15, 0.2) is 0 Å². The van der Waals surface area contributed by atoms with E-state index in [-0.39, 0.29) is 23.8 Å². The second-order valence-electron chi connectivity index (χ2n) is 7.87. The predicted octanol–water partition coefficient (Wildman–Crippen LogP) is 3.91. The van der Waals surface area contributed by atoms with E-state index in [1.807, 2.05) is 0 Å². The van der Waals surface area contributed by atoms with Crippen molar-refractivity contribution in [1.82, 2.24) is 10.2 Å². The number of nitrogens with one attached hydrogen (secondary N) is 2. The molecule has 2 fully saturated rings. The smallest absolute Gasteiger partial charge is 0.251 e. The Kier molecular flexibility index (Phi) is 5.78. The lowest BCUT2D eigenvalue weighted by molar-refractivity contribution is -0.117. The average molecular weight is 398 g/mol. The lowest BCUT2D eigenvalue weighted by Gasteiger charge is -2.27. The summed E-state index contributed by atoms with van der Waals surface area (Å²) in [6.07, 6.45) is 3.42. The monoisotopic (exact) mass is 397 g/mol. The predicted molar refractivity (Wildman–Crippen MR) is 113 cm³/mol. The highest BCUT2D eigenvalue weighted by Crippen LogP contribution is 2.38. The molecule has 2 amide bonds. The van der Waals surface area contributed by atoms with Crippen LogP contribution in [0.25, 0.3) is 0 Å². The average Bonchev–Trinajstić information content (AvgIpc) is 3.13. The molecule has 0 radical (unpaired) electrons. The van der Waals surface area contributed by atoms with Gasteiger partial charge in [0.25, 0.3) is 5.91 Å². The quantitative estimate of drug-likeness (QED) is 0.745. The van der Waals surface area contributed by atoms with E-state index in [4.69, 9.17) is 0 Å². The molecule has 1 saturated heterocycles. The molecular weight excluding hydrogens is 370 g/mol. The van der Waals surface area contributed by atoms with Gasteiger partial charge in [-0.05, 0) is 74.0 Å². The van der Waals surface area contributed by atoms with Crippen molar-refractivity contribution >= 4 is 28.8 Å². The molecule has 1 saturated carbocycles. The molecule has 0 bridgehead atoms. The molecule has 1 aliphatic heterocycles. The maximum atomic E-state index is 12.6. The van der Waals surface area contributed by atoms with Crippen molar-refractivity contribution in [2.24, 2.45) is 11.8 Å². The fraction of sp³-hybridized carbons (Fsp3) is 0.455. The molecule has 6 heteroatoms. The highest BCUT2D eigenvalue weighted by Gasteiger charge is 2.39. The first-order valence-corrected chi connectivity index (χ1v) is 11.0. The van der Waals surface area contributed by atoms with Gasteiger partial charge < -0.3 is 10.6 Å². The minimum atomic E-state index is -0.0746. The van der Waals surface area contributed by atoms with Crippen LogP contribution in [0.3, 0.4) is 0 Å². The lowest BCUT2D eigenvalue weighted by Crippen LogP contribution is -2.36. The third kappa shape index (κ3) is 4.45. The van der Waals surface area contributed by atoms with Gasteiger partial charge in [-0.2, -0.15) is 0 Å². The van der Waals surface area contributed by atoms with Crippen LogP contribution >= 0.6 is 11.3 Å². The Bertz CT molecular complexity index is 813. The standard InChI is InChI=1S/C22H27N3O2S/c1-15-13-18(15)22(27)24-17-8-6-16(7-9-17)21(26)23-14-19(20-5-4-12-28-20)25-10-2-3-11-25/h4-9,12,15,18-19H,2-3,10-11,13-14H2,1H3,(H,23,26)(H,24,27). The molecule has 1 aliphatic carbocycles. The van der Waals surface area contributed by atoms with E-state index in [0.717, 1.165) is 25.2 Å². The van der Waals surface area contributed by atoms with Gasteiger partial charge in [0.1, 0.15) is 0 Å². The van der Waals surface area contributed by atoms with Gasteiger partial charge in [0.05, 0.1) is 6.04 Å². The molecule has 1 aromatic carbocycles. The van der Waals surface area contributed by atoms with Crippen molar-refractivity contribution in [2.45, 2.75) is 32.2 Å². The van der Waals surface area contributed by atoms with E-state index in [1.165, 1.54) is 17.7 Å². The Morgan fingerprint density at radius 2 is 1.89 bits per heavy atom. The summed E-state index contributed by atoms with van der Waals surface area (Å²) in [5.74, 6) is 0.628. The third-order valence-corrected chi connectivity index (χ3v) is 6.74. The van der Waals surface area contributed by atoms with Crippen molar-refractivity contribution in [3.8, 4) is 0 Å². The maximum Gasteiger partial charge on any atom is 0.251 e. The van der Waals surface area contributed by atoms with Crippen LogP contribution in [0.15, 0.2) is 41.8 Å². The number of anilines is 1. The van der Waals surface area contributed by atoms with Crippen molar-refractivity contribution in [2.75, 3.05) is 25.0 Å². The van der Waals surface area contributed by atoms with Gasteiger partial charge in [-0.25, -0.2) is 0 Å². The van der Waals surface area contributed by atoms with Crippen LogP contribution in [0.2, 0.25) is 0 Å². The van der Waals surface area contributed by atoms with Crippen LogP contribution in [0.1, 0.15) is 47.5 Å². The lowest BCUT2D eigenvalue weighted by atomic mass is 10.1. The number of hydrogen-bond donors (Lipinski definition) is 2. The van der Waals surface area contributed by atoms with E-state index < -0.39 is 0 Å².